The molecule has 0 saturated carbocycles. The number of hydrogen-bond donors (Lipinski definition) is 0. The zero-order valence-corrected chi connectivity index (χ0v) is 10.2. The van der Waals surface area contributed by atoms with Crippen LogP contribution in [0.2, 0.25) is 0 Å². The second-order valence-corrected chi connectivity index (χ2v) is 4.51. The molecule has 1 aliphatic heterocycles. The van der Waals surface area contributed by atoms with Crippen molar-refractivity contribution < 1.29 is 19.1 Å². The molecule has 1 aliphatic rings. The SMILES string of the molecule is CCCC(C)(CC)C(=O)OC1CCOC1=O. The smallest absolute Gasteiger partial charge is 0.347 e. The molecule has 0 radical (unpaired) electrons. The van der Waals surface area contributed by atoms with Crippen LogP contribution >= 0.6 is 0 Å². The van der Waals surface area contributed by atoms with Crippen molar-refractivity contribution in [3.8, 4) is 0 Å². The zero-order chi connectivity index (χ0) is 12.2. The number of rotatable bonds is 5. The highest BCUT2D eigenvalue weighted by Crippen LogP contribution is 2.30. The molecule has 4 heteroatoms. The molecule has 16 heavy (non-hydrogen) atoms. The Balaban J connectivity index is 2.58. The third kappa shape index (κ3) is 2.74. The van der Waals surface area contributed by atoms with Crippen molar-refractivity contribution in [1.29, 1.82) is 0 Å². The maximum Gasteiger partial charge on any atom is 0.347 e. The molecule has 0 aliphatic carbocycles. The van der Waals surface area contributed by atoms with Crippen LogP contribution < -0.4 is 0 Å². The summed E-state index contributed by atoms with van der Waals surface area (Å²) in [6, 6.07) is 0. The number of ether oxygens (including phenoxy) is 2. The minimum atomic E-state index is -0.685. The molecule has 4 nitrogen and oxygen atoms in total. The molecule has 0 amide bonds. The Morgan fingerprint density at radius 1 is 1.56 bits per heavy atom. The van der Waals surface area contributed by atoms with Crippen LogP contribution in [0.25, 0.3) is 0 Å². The monoisotopic (exact) mass is 228 g/mol. The maximum absolute atomic E-state index is 12.0. The molecule has 2 atom stereocenters. The summed E-state index contributed by atoms with van der Waals surface area (Å²) in [5.41, 5.74) is -0.475. The second-order valence-electron chi connectivity index (χ2n) is 4.51. The Morgan fingerprint density at radius 3 is 2.69 bits per heavy atom. The zero-order valence-electron chi connectivity index (χ0n) is 10.2. The molecular weight excluding hydrogens is 208 g/mol. The minimum Gasteiger partial charge on any atom is -0.463 e. The fourth-order valence-corrected chi connectivity index (χ4v) is 1.83. The Bertz CT molecular complexity index is 274. The molecule has 2 unspecified atom stereocenters. The summed E-state index contributed by atoms with van der Waals surface area (Å²) in [6.45, 7) is 6.24. The molecular formula is C12H20O4. The summed E-state index contributed by atoms with van der Waals surface area (Å²) in [5.74, 6) is -0.691. The van der Waals surface area contributed by atoms with Crippen molar-refractivity contribution in [2.75, 3.05) is 6.61 Å². The second kappa shape index (κ2) is 5.32. The van der Waals surface area contributed by atoms with Gasteiger partial charge in [0.05, 0.1) is 12.0 Å². The van der Waals surface area contributed by atoms with Crippen molar-refractivity contribution in [3.05, 3.63) is 0 Å². The minimum absolute atomic E-state index is 0.277. The van der Waals surface area contributed by atoms with E-state index in [1.165, 1.54) is 0 Å². The Labute approximate surface area is 96.3 Å². The molecule has 0 aromatic rings. The van der Waals surface area contributed by atoms with E-state index in [0.29, 0.717) is 13.0 Å². The summed E-state index contributed by atoms with van der Waals surface area (Å²) >= 11 is 0. The molecule has 1 heterocycles. The van der Waals surface area contributed by atoms with Gasteiger partial charge in [0.1, 0.15) is 0 Å². The first kappa shape index (κ1) is 13.0. The maximum atomic E-state index is 12.0. The molecule has 0 bridgehead atoms. The lowest BCUT2D eigenvalue weighted by molar-refractivity contribution is -0.168. The van der Waals surface area contributed by atoms with Gasteiger partial charge in [-0.1, -0.05) is 20.3 Å². The number of carbonyl (C=O) groups excluding carboxylic acids is 2. The Morgan fingerprint density at radius 2 is 2.25 bits per heavy atom. The Hall–Kier alpha value is -1.06. The highest BCUT2D eigenvalue weighted by Gasteiger charge is 2.37. The van der Waals surface area contributed by atoms with E-state index in [0.717, 1.165) is 19.3 Å². The van der Waals surface area contributed by atoms with Gasteiger partial charge in [-0.25, -0.2) is 4.79 Å². The van der Waals surface area contributed by atoms with Crippen molar-refractivity contribution >= 4 is 11.9 Å². The summed E-state index contributed by atoms with van der Waals surface area (Å²) in [4.78, 5) is 23.1. The molecule has 0 N–H and O–H groups in total. The lowest BCUT2D eigenvalue weighted by atomic mass is 9.83. The van der Waals surface area contributed by atoms with Crippen LogP contribution in [0.4, 0.5) is 0 Å². The molecule has 0 aromatic carbocycles. The average molecular weight is 228 g/mol. The normalized spacial score (nSPS) is 23.7. The molecule has 92 valence electrons. The van der Waals surface area contributed by atoms with Gasteiger partial charge in [0, 0.05) is 6.42 Å². The molecule has 0 spiro atoms. The van der Waals surface area contributed by atoms with E-state index in [1.54, 1.807) is 0 Å². The van der Waals surface area contributed by atoms with Crippen LogP contribution in [-0.4, -0.2) is 24.6 Å². The van der Waals surface area contributed by atoms with Crippen molar-refractivity contribution in [3.63, 3.8) is 0 Å². The fraction of sp³-hybridized carbons (Fsp3) is 0.833. The third-order valence-corrected chi connectivity index (χ3v) is 3.21. The van der Waals surface area contributed by atoms with Gasteiger partial charge in [0.2, 0.25) is 6.10 Å². The molecule has 1 saturated heterocycles. The first-order valence-electron chi connectivity index (χ1n) is 5.91. The average Bonchev–Trinajstić information content (AvgIpc) is 2.64. The van der Waals surface area contributed by atoms with Crippen molar-refractivity contribution in [2.24, 2.45) is 5.41 Å². The van der Waals surface area contributed by atoms with Crippen molar-refractivity contribution in [1.82, 2.24) is 0 Å². The van der Waals surface area contributed by atoms with Gasteiger partial charge in [0.15, 0.2) is 0 Å². The van der Waals surface area contributed by atoms with Gasteiger partial charge >= 0.3 is 11.9 Å². The van der Waals surface area contributed by atoms with E-state index in [4.69, 9.17) is 9.47 Å². The van der Waals surface area contributed by atoms with E-state index in [9.17, 15) is 9.59 Å². The lowest BCUT2D eigenvalue weighted by Crippen LogP contribution is -2.34. The number of esters is 2. The summed E-state index contributed by atoms with van der Waals surface area (Å²) in [5, 5.41) is 0. The summed E-state index contributed by atoms with van der Waals surface area (Å²) in [7, 11) is 0. The quantitative estimate of drug-likeness (QED) is 0.676. The van der Waals surface area contributed by atoms with E-state index >= 15 is 0 Å². The molecule has 0 aromatic heterocycles. The standard InChI is InChI=1S/C12H20O4/c1-4-7-12(3,5-2)11(14)16-9-6-8-15-10(9)13/h9H,4-8H2,1-3H3. The van der Waals surface area contributed by atoms with E-state index < -0.39 is 17.5 Å². The van der Waals surface area contributed by atoms with Crippen LogP contribution in [0.1, 0.15) is 46.5 Å². The van der Waals surface area contributed by atoms with Gasteiger partial charge in [0.25, 0.3) is 0 Å². The largest absolute Gasteiger partial charge is 0.463 e. The predicted molar refractivity (Wildman–Crippen MR) is 58.8 cm³/mol. The van der Waals surface area contributed by atoms with Gasteiger partial charge < -0.3 is 9.47 Å². The first-order valence-corrected chi connectivity index (χ1v) is 5.91. The van der Waals surface area contributed by atoms with E-state index in [1.807, 2.05) is 20.8 Å². The molecule has 1 fully saturated rings. The number of hydrogen-bond acceptors (Lipinski definition) is 4. The topological polar surface area (TPSA) is 52.6 Å². The van der Waals surface area contributed by atoms with E-state index in [-0.39, 0.29) is 5.97 Å². The van der Waals surface area contributed by atoms with Crippen LogP contribution in [-0.2, 0) is 19.1 Å². The van der Waals surface area contributed by atoms with Crippen LogP contribution in [0.15, 0.2) is 0 Å². The highest BCUT2D eigenvalue weighted by molar-refractivity contribution is 5.83. The number of carbonyl (C=O) groups is 2. The van der Waals surface area contributed by atoms with Gasteiger partial charge in [-0.3, -0.25) is 4.79 Å². The van der Waals surface area contributed by atoms with Crippen LogP contribution in [0, 0.1) is 5.41 Å². The summed E-state index contributed by atoms with van der Waals surface area (Å²) in [6.07, 6.45) is 2.23. The van der Waals surface area contributed by atoms with Crippen molar-refractivity contribution in [2.45, 2.75) is 52.6 Å². The lowest BCUT2D eigenvalue weighted by Gasteiger charge is -2.26. The first-order chi connectivity index (χ1) is 7.53. The van der Waals surface area contributed by atoms with Gasteiger partial charge in [-0.05, 0) is 19.8 Å². The Kier molecular flexibility index (Phi) is 4.33. The number of cyclic esters (lactones) is 1. The van der Waals surface area contributed by atoms with Crippen LogP contribution in [0.5, 0.6) is 0 Å². The van der Waals surface area contributed by atoms with Crippen LogP contribution in [0.3, 0.4) is 0 Å². The molecule has 1 rings (SSSR count). The predicted octanol–water partition coefficient (Wildman–Crippen LogP) is 2.06. The van der Waals surface area contributed by atoms with Gasteiger partial charge in [-0.2, -0.15) is 0 Å². The summed E-state index contributed by atoms with van der Waals surface area (Å²) < 4.78 is 9.98. The fourth-order valence-electron chi connectivity index (χ4n) is 1.83. The highest BCUT2D eigenvalue weighted by atomic mass is 16.6. The van der Waals surface area contributed by atoms with E-state index in [2.05, 4.69) is 0 Å². The van der Waals surface area contributed by atoms with Gasteiger partial charge in [-0.15, -0.1) is 0 Å². The third-order valence-electron chi connectivity index (χ3n) is 3.21.